The van der Waals surface area contributed by atoms with Gasteiger partial charge in [0.2, 0.25) is 5.91 Å². The zero-order valence-corrected chi connectivity index (χ0v) is 12.9. The predicted molar refractivity (Wildman–Crippen MR) is 74.2 cm³/mol. The minimum atomic E-state index is -3.04. The molecule has 0 aromatic heterocycles. The molecule has 1 heterocycles. The second-order valence-electron chi connectivity index (χ2n) is 5.45. The molecule has 1 unspecified atom stereocenters. The summed E-state index contributed by atoms with van der Waals surface area (Å²) in [4.78, 5) is 25.9. The van der Waals surface area contributed by atoms with Crippen LogP contribution in [0.1, 0.15) is 20.3 Å². The first-order chi connectivity index (χ1) is 9.12. The van der Waals surface area contributed by atoms with Gasteiger partial charge in [0.05, 0.1) is 24.6 Å². The van der Waals surface area contributed by atoms with E-state index in [-0.39, 0.29) is 42.6 Å². The summed E-state index contributed by atoms with van der Waals surface area (Å²) in [5, 5.41) is 8.82. The molecule has 0 aromatic rings. The molecule has 0 spiro atoms. The highest BCUT2D eigenvalue weighted by molar-refractivity contribution is 7.91. The SMILES string of the molecule is CC(C)N(CC(=O)O)CC(=O)N(C)C1CCS(=O)(=O)C1. The molecular weight excluding hydrogens is 284 g/mol. The average Bonchev–Trinajstić information content (AvgIpc) is 2.67. The summed E-state index contributed by atoms with van der Waals surface area (Å²) in [6.07, 6.45) is 0.450. The second-order valence-corrected chi connectivity index (χ2v) is 7.68. The Balaban J connectivity index is 2.62. The summed E-state index contributed by atoms with van der Waals surface area (Å²) in [7, 11) is -1.46. The molecule has 1 atom stereocenters. The maximum absolute atomic E-state index is 12.1. The monoisotopic (exact) mass is 306 g/mol. The highest BCUT2D eigenvalue weighted by atomic mass is 32.2. The third kappa shape index (κ3) is 4.75. The van der Waals surface area contributed by atoms with Crippen molar-refractivity contribution in [3.05, 3.63) is 0 Å². The molecule has 1 rings (SSSR count). The zero-order valence-electron chi connectivity index (χ0n) is 12.1. The van der Waals surface area contributed by atoms with Gasteiger partial charge in [0, 0.05) is 19.1 Å². The molecule has 0 aromatic carbocycles. The van der Waals surface area contributed by atoms with Crippen LogP contribution in [0.4, 0.5) is 0 Å². The number of carbonyl (C=O) groups is 2. The van der Waals surface area contributed by atoms with Crippen molar-refractivity contribution >= 4 is 21.7 Å². The molecule has 8 heteroatoms. The standard InChI is InChI=1S/C12H22N2O5S/c1-9(2)14(7-12(16)17)6-11(15)13(3)10-4-5-20(18,19)8-10/h9-10H,4-8H2,1-3H3,(H,16,17). The molecule has 1 amide bonds. The van der Waals surface area contributed by atoms with Crippen molar-refractivity contribution in [1.82, 2.24) is 9.80 Å². The van der Waals surface area contributed by atoms with Crippen molar-refractivity contribution in [2.75, 3.05) is 31.6 Å². The van der Waals surface area contributed by atoms with Gasteiger partial charge in [0.15, 0.2) is 9.84 Å². The van der Waals surface area contributed by atoms with Gasteiger partial charge in [0.1, 0.15) is 0 Å². The molecule has 0 aliphatic carbocycles. The minimum Gasteiger partial charge on any atom is -0.480 e. The Labute approximate surface area is 119 Å². The largest absolute Gasteiger partial charge is 0.480 e. The van der Waals surface area contributed by atoms with E-state index in [2.05, 4.69) is 0 Å². The first-order valence-electron chi connectivity index (χ1n) is 6.54. The van der Waals surface area contributed by atoms with Crippen LogP contribution >= 0.6 is 0 Å². The van der Waals surface area contributed by atoms with Gasteiger partial charge in [-0.2, -0.15) is 0 Å². The van der Waals surface area contributed by atoms with Crippen LogP contribution in [0, 0.1) is 0 Å². The number of nitrogens with zero attached hydrogens (tertiary/aromatic N) is 2. The van der Waals surface area contributed by atoms with Crippen LogP contribution in [-0.4, -0.2) is 78.9 Å². The van der Waals surface area contributed by atoms with E-state index in [9.17, 15) is 18.0 Å². The fourth-order valence-corrected chi connectivity index (χ4v) is 3.94. The Bertz CT molecular complexity index is 474. The summed E-state index contributed by atoms with van der Waals surface area (Å²) in [5.41, 5.74) is 0. The van der Waals surface area contributed by atoms with E-state index in [4.69, 9.17) is 5.11 Å². The second kappa shape index (κ2) is 6.53. The lowest BCUT2D eigenvalue weighted by molar-refractivity contribution is -0.140. The lowest BCUT2D eigenvalue weighted by Crippen LogP contribution is -2.47. The number of hydrogen-bond acceptors (Lipinski definition) is 5. The lowest BCUT2D eigenvalue weighted by Gasteiger charge is -2.29. The molecule has 116 valence electrons. The highest BCUT2D eigenvalue weighted by Gasteiger charge is 2.33. The summed E-state index contributed by atoms with van der Waals surface area (Å²) < 4.78 is 22.8. The van der Waals surface area contributed by atoms with Gasteiger partial charge >= 0.3 is 5.97 Å². The molecule has 1 fully saturated rings. The molecule has 7 nitrogen and oxygen atoms in total. The van der Waals surface area contributed by atoms with Crippen molar-refractivity contribution in [2.45, 2.75) is 32.4 Å². The molecule has 0 bridgehead atoms. The Morgan fingerprint density at radius 3 is 2.30 bits per heavy atom. The van der Waals surface area contributed by atoms with Crippen LogP contribution in [0.25, 0.3) is 0 Å². The lowest BCUT2D eigenvalue weighted by atomic mass is 10.2. The quantitative estimate of drug-likeness (QED) is 0.706. The van der Waals surface area contributed by atoms with Crippen molar-refractivity contribution in [3.8, 4) is 0 Å². The summed E-state index contributed by atoms with van der Waals surface area (Å²) in [5.74, 6) is -1.13. The normalized spacial score (nSPS) is 21.4. The molecule has 1 aliphatic heterocycles. The highest BCUT2D eigenvalue weighted by Crippen LogP contribution is 2.16. The molecule has 0 radical (unpaired) electrons. The topological polar surface area (TPSA) is 95.0 Å². The minimum absolute atomic E-state index is 0.00412. The smallest absolute Gasteiger partial charge is 0.317 e. The summed E-state index contributed by atoms with van der Waals surface area (Å²) in [6.45, 7) is 3.41. The van der Waals surface area contributed by atoms with Crippen LogP contribution in [0.5, 0.6) is 0 Å². The van der Waals surface area contributed by atoms with Gasteiger partial charge < -0.3 is 10.0 Å². The molecule has 20 heavy (non-hydrogen) atoms. The first-order valence-corrected chi connectivity index (χ1v) is 8.36. The third-order valence-electron chi connectivity index (χ3n) is 3.56. The maximum Gasteiger partial charge on any atom is 0.317 e. The molecule has 1 aliphatic rings. The van der Waals surface area contributed by atoms with Gasteiger partial charge in [-0.1, -0.05) is 0 Å². The van der Waals surface area contributed by atoms with Gasteiger partial charge in [-0.15, -0.1) is 0 Å². The molecule has 1 saturated heterocycles. The van der Waals surface area contributed by atoms with E-state index in [1.165, 1.54) is 4.90 Å². The fraction of sp³-hybridized carbons (Fsp3) is 0.833. The van der Waals surface area contributed by atoms with E-state index >= 15 is 0 Å². The first kappa shape index (κ1) is 16.9. The third-order valence-corrected chi connectivity index (χ3v) is 5.31. The Morgan fingerprint density at radius 2 is 1.90 bits per heavy atom. The number of carbonyl (C=O) groups excluding carboxylic acids is 1. The van der Waals surface area contributed by atoms with Crippen molar-refractivity contribution in [1.29, 1.82) is 0 Å². The predicted octanol–water partition coefficient (Wildman–Crippen LogP) is -0.573. The van der Waals surface area contributed by atoms with Crippen LogP contribution in [0.3, 0.4) is 0 Å². The van der Waals surface area contributed by atoms with Crippen molar-refractivity contribution in [2.24, 2.45) is 0 Å². The number of sulfone groups is 1. The summed E-state index contributed by atoms with van der Waals surface area (Å²) in [6, 6.07) is -0.373. The van der Waals surface area contributed by atoms with Gasteiger partial charge in [0.25, 0.3) is 0 Å². The number of amides is 1. The van der Waals surface area contributed by atoms with E-state index in [0.29, 0.717) is 6.42 Å². The number of carboxylic acid groups (broad SMARTS) is 1. The van der Waals surface area contributed by atoms with Crippen LogP contribution in [0.15, 0.2) is 0 Å². The number of aliphatic carboxylic acids is 1. The van der Waals surface area contributed by atoms with E-state index in [0.717, 1.165) is 0 Å². The fourth-order valence-electron chi connectivity index (χ4n) is 2.16. The Morgan fingerprint density at radius 1 is 1.30 bits per heavy atom. The number of carboxylic acids is 1. The van der Waals surface area contributed by atoms with E-state index in [1.54, 1.807) is 11.9 Å². The van der Waals surface area contributed by atoms with E-state index < -0.39 is 15.8 Å². The van der Waals surface area contributed by atoms with Gasteiger partial charge in [-0.05, 0) is 20.3 Å². The molecule has 1 N–H and O–H groups in total. The van der Waals surface area contributed by atoms with Crippen LogP contribution in [0.2, 0.25) is 0 Å². The zero-order chi connectivity index (χ0) is 15.5. The van der Waals surface area contributed by atoms with Crippen molar-refractivity contribution in [3.63, 3.8) is 0 Å². The number of rotatable bonds is 6. The van der Waals surface area contributed by atoms with Crippen LogP contribution < -0.4 is 0 Å². The molecule has 0 saturated carbocycles. The maximum atomic E-state index is 12.1. The Kier molecular flexibility index (Phi) is 5.52. The van der Waals surface area contributed by atoms with Crippen molar-refractivity contribution < 1.29 is 23.1 Å². The average molecular weight is 306 g/mol. The molecular formula is C12H22N2O5S. The summed E-state index contributed by atoms with van der Waals surface area (Å²) >= 11 is 0. The van der Waals surface area contributed by atoms with Gasteiger partial charge in [-0.25, -0.2) is 8.42 Å². The van der Waals surface area contributed by atoms with E-state index in [1.807, 2.05) is 13.8 Å². The number of likely N-dealkylation sites (N-methyl/N-ethyl adjacent to an activating group) is 1. The number of hydrogen-bond donors (Lipinski definition) is 1. The van der Waals surface area contributed by atoms with Gasteiger partial charge in [-0.3, -0.25) is 14.5 Å². The Hall–Kier alpha value is -1.15. The van der Waals surface area contributed by atoms with Crippen LogP contribution in [-0.2, 0) is 19.4 Å².